The van der Waals surface area contributed by atoms with Crippen LogP contribution in [0.3, 0.4) is 0 Å². The van der Waals surface area contributed by atoms with Gasteiger partial charge in [-0.25, -0.2) is 0 Å². The maximum atomic E-state index is 13.5. The van der Waals surface area contributed by atoms with Crippen LogP contribution < -0.4 is 10.2 Å². The monoisotopic (exact) mass is 521 g/mol. The molecule has 2 amide bonds. The van der Waals surface area contributed by atoms with Crippen LogP contribution in [0.2, 0.25) is 10.0 Å². The van der Waals surface area contributed by atoms with Gasteiger partial charge in [0, 0.05) is 22.3 Å². The number of amides is 2. The molecule has 0 bridgehead atoms. The SMILES string of the molecule is N#C/C(C(=O)NCCc1ccccc1)=C1/S[C@H](Cc2ccccc2Cl)C(=O)N1c1ccc(Cl)cc1. The van der Waals surface area contributed by atoms with E-state index in [1.54, 1.807) is 30.3 Å². The Balaban J connectivity index is 1.62. The molecule has 35 heavy (non-hydrogen) atoms. The highest BCUT2D eigenvalue weighted by Gasteiger charge is 2.41. The van der Waals surface area contributed by atoms with Gasteiger partial charge in [0.15, 0.2) is 0 Å². The zero-order chi connectivity index (χ0) is 24.8. The maximum Gasteiger partial charge on any atom is 0.264 e. The second-order valence-corrected chi connectivity index (χ2v) is 9.87. The zero-order valence-corrected chi connectivity index (χ0v) is 20.9. The first kappa shape index (κ1) is 24.9. The van der Waals surface area contributed by atoms with E-state index in [-0.39, 0.29) is 11.5 Å². The quantitative estimate of drug-likeness (QED) is 0.316. The Kier molecular flexibility index (Phi) is 8.14. The Morgan fingerprint density at radius 2 is 1.69 bits per heavy atom. The van der Waals surface area contributed by atoms with Gasteiger partial charge in [0.1, 0.15) is 16.7 Å². The highest BCUT2D eigenvalue weighted by molar-refractivity contribution is 8.05. The predicted octanol–water partition coefficient (Wildman–Crippen LogP) is 5.78. The van der Waals surface area contributed by atoms with Crippen LogP contribution in [0.5, 0.6) is 0 Å². The molecule has 0 aromatic heterocycles. The van der Waals surface area contributed by atoms with Crippen LogP contribution in [0.25, 0.3) is 0 Å². The van der Waals surface area contributed by atoms with Crippen LogP contribution in [0.15, 0.2) is 89.5 Å². The van der Waals surface area contributed by atoms with Gasteiger partial charge in [-0.05, 0) is 54.3 Å². The van der Waals surface area contributed by atoms with Gasteiger partial charge < -0.3 is 5.32 Å². The molecule has 176 valence electrons. The van der Waals surface area contributed by atoms with E-state index < -0.39 is 11.2 Å². The van der Waals surface area contributed by atoms with Crippen molar-refractivity contribution in [2.75, 3.05) is 11.4 Å². The van der Waals surface area contributed by atoms with E-state index in [1.165, 1.54) is 16.7 Å². The number of carbonyl (C=O) groups excluding carboxylic acids is 2. The standard InChI is InChI=1S/C27H21Cl2N3O2S/c28-20-10-12-21(13-11-20)32-26(34)24(16-19-8-4-5-9-23(19)29)35-27(32)22(17-30)25(33)31-15-14-18-6-2-1-3-7-18/h1-13,24H,14-16H2,(H,31,33)/b27-22-/t24-/m1/s1. The highest BCUT2D eigenvalue weighted by Crippen LogP contribution is 2.42. The van der Waals surface area contributed by atoms with Gasteiger partial charge in [-0.2, -0.15) is 5.26 Å². The summed E-state index contributed by atoms with van der Waals surface area (Å²) in [6, 6.07) is 25.8. The van der Waals surface area contributed by atoms with Crippen LogP contribution in [-0.2, 0) is 22.4 Å². The molecule has 1 fully saturated rings. The highest BCUT2D eigenvalue weighted by atomic mass is 35.5. The molecule has 5 nitrogen and oxygen atoms in total. The summed E-state index contributed by atoms with van der Waals surface area (Å²) in [4.78, 5) is 28.0. The first-order chi connectivity index (χ1) is 17.0. The van der Waals surface area contributed by atoms with Crippen molar-refractivity contribution in [3.63, 3.8) is 0 Å². The number of nitrogens with zero attached hydrogens (tertiary/aromatic N) is 2. The summed E-state index contributed by atoms with van der Waals surface area (Å²) in [6.45, 7) is 0.365. The fourth-order valence-electron chi connectivity index (χ4n) is 3.73. The first-order valence-corrected chi connectivity index (χ1v) is 12.6. The Bertz CT molecular complexity index is 1300. The normalized spacial score (nSPS) is 16.7. The fourth-order valence-corrected chi connectivity index (χ4v) is 5.36. The van der Waals surface area contributed by atoms with Crippen molar-refractivity contribution in [3.8, 4) is 6.07 Å². The fraction of sp³-hybridized carbons (Fsp3) is 0.148. The Morgan fingerprint density at radius 1 is 1.00 bits per heavy atom. The van der Waals surface area contributed by atoms with Crippen molar-refractivity contribution in [1.29, 1.82) is 5.26 Å². The number of hydrogen-bond acceptors (Lipinski definition) is 4. The lowest BCUT2D eigenvalue weighted by Gasteiger charge is -2.19. The van der Waals surface area contributed by atoms with E-state index >= 15 is 0 Å². The molecule has 8 heteroatoms. The number of nitriles is 1. The predicted molar refractivity (Wildman–Crippen MR) is 141 cm³/mol. The number of halogens is 2. The first-order valence-electron chi connectivity index (χ1n) is 10.9. The van der Waals surface area contributed by atoms with Crippen LogP contribution in [-0.4, -0.2) is 23.6 Å². The smallest absolute Gasteiger partial charge is 0.264 e. The molecule has 1 N–H and O–H groups in total. The summed E-state index contributed by atoms with van der Waals surface area (Å²) in [5.41, 5.74) is 2.33. The van der Waals surface area contributed by atoms with E-state index in [4.69, 9.17) is 23.2 Å². The molecule has 0 unspecified atom stereocenters. The van der Waals surface area contributed by atoms with E-state index in [1.807, 2.05) is 54.6 Å². The molecular formula is C27H21Cl2N3O2S. The van der Waals surface area contributed by atoms with Gasteiger partial charge in [-0.3, -0.25) is 14.5 Å². The van der Waals surface area contributed by atoms with E-state index in [0.29, 0.717) is 40.1 Å². The molecule has 0 saturated carbocycles. The lowest BCUT2D eigenvalue weighted by atomic mass is 10.1. The van der Waals surface area contributed by atoms with Gasteiger partial charge in [0.2, 0.25) is 5.91 Å². The van der Waals surface area contributed by atoms with Gasteiger partial charge in [0.25, 0.3) is 5.91 Å². The third kappa shape index (κ3) is 5.88. The molecule has 1 aliphatic rings. The molecule has 1 heterocycles. The molecule has 1 saturated heterocycles. The summed E-state index contributed by atoms with van der Waals surface area (Å²) in [7, 11) is 0. The number of anilines is 1. The van der Waals surface area contributed by atoms with Crippen molar-refractivity contribution >= 4 is 52.5 Å². The van der Waals surface area contributed by atoms with Crippen LogP contribution in [0.1, 0.15) is 11.1 Å². The molecule has 0 aliphatic carbocycles. The van der Waals surface area contributed by atoms with Gasteiger partial charge in [0.05, 0.1) is 5.25 Å². The lowest BCUT2D eigenvalue weighted by Crippen LogP contribution is -2.32. The van der Waals surface area contributed by atoms with Gasteiger partial charge in [-0.15, -0.1) is 0 Å². The summed E-state index contributed by atoms with van der Waals surface area (Å²) in [6.07, 6.45) is 0.994. The average molecular weight is 522 g/mol. The molecule has 0 spiro atoms. The van der Waals surface area contributed by atoms with Crippen LogP contribution in [0, 0.1) is 11.3 Å². The van der Waals surface area contributed by atoms with E-state index in [2.05, 4.69) is 5.32 Å². The molecule has 3 aromatic carbocycles. The molecule has 0 radical (unpaired) electrons. The third-order valence-electron chi connectivity index (χ3n) is 5.50. The van der Waals surface area contributed by atoms with E-state index in [9.17, 15) is 14.9 Å². The van der Waals surface area contributed by atoms with Crippen molar-refractivity contribution in [1.82, 2.24) is 5.32 Å². The topological polar surface area (TPSA) is 73.2 Å². The molecular weight excluding hydrogens is 501 g/mol. The lowest BCUT2D eigenvalue weighted by molar-refractivity contribution is -0.117. The number of thioether (sulfide) groups is 1. The summed E-state index contributed by atoms with van der Waals surface area (Å²) in [5, 5.41) is 13.6. The Labute approximate surface area is 218 Å². The third-order valence-corrected chi connectivity index (χ3v) is 7.38. The second-order valence-electron chi connectivity index (χ2n) is 7.84. The number of hydrogen-bond donors (Lipinski definition) is 1. The number of rotatable bonds is 7. The van der Waals surface area contributed by atoms with Gasteiger partial charge in [-0.1, -0.05) is 83.5 Å². The Hall–Kier alpha value is -3.24. The van der Waals surface area contributed by atoms with Crippen molar-refractivity contribution in [3.05, 3.63) is 111 Å². The minimum atomic E-state index is -0.541. The van der Waals surface area contributed by atoms with Crippen molar-refractivity contribution in [2.24, 2.45) is 0 Å². The summed E-state index contributed by atoms with van der Waals surface area (Å²) >= 11 is 13.6. The average Bonchev–Trinajstić information content (AvgIpc) is 3.17. The van der Waals surface area contributed by atoms with Crippen LogP contribution >= 0.6 is 35.0 Å². The van der Waals surface area contributed by atoms with Crippen LogP contribution in [0.4, 0.5) is 5.69 Å². The largest absolute Gasteiger partial charge is 0.351 e. The van der Waals surface area contributed by atoms with Crippen molar-refractivity contribution < 1.29 is 9.59 Å². The maximum absolute atomic E-state index is 13.5. The Morgan fingerprint density at radius 3 is 2.37 bits per heavy atom. The van der Waals surface area contributed by atoms with Crippen molar-refractivity contribution in [2.45, 2.75) is 18.1 Å². The number of carbonyl (C=O) groups is 2. The summed E-state index contributed by atoms with van der Waals surface area (Å²) in [5.74, 6) is -0.742. The zero-order valence-electron chi connectivity index (χ0n) is 18.6. The van der Waals surface area contributed by atoms with E-state index in [0.717, 1.165) is 11.1 Å². The molecule has 3 aromatic rings. The molecule has 4 rings (SSSR count). The molecule has 1 atom stereocenters. The summed E-state index contributed by atoms with van der Waals surface area (Å²) < 4.78 is 0. The number of nitrogens with one attached hydrogen (secondary N) is 1. The second kappa shape index (κ2) is 11.5. The minimum absolute atomic E-state index is 0.104. The number of benzene rings is 3. The van der Waals surface area contributed by atoms with Gasteiger partial charge >= 0.3 is 0 Å². The molecule has 1 aliphatic heterocycles. The minimum Gasteiger partial charge on any atom is -0.351 e.